The minimum Gasteiger partial charge on any atom is -0.469 e. The van der Waals surface area contributed by atoms with Gasteiger partial charge in [-0.25, -0.2) is 8.42 Å². The van der Waals surface area contributed by atoms with Crippen molar-refractivity contribution in [1.29, 1.82) is 0 Å². The lowest BCUT2D eigenvalue weighted by Gasteiger charge is -2.26. The first kappa shape index (κ1) is 21.1. The van der Waals surface area contributed by atoms with Crippen LogP contribution in [0.5, 0.6) is 0 Å². The number of anilines is 1. The van der Waals surface area contributed by atoms with Gasteiger partial charge in [-0.1, -0.05) is 33.6 Å². The molecule has 0 aliphatic carbocycles. The Morgan fingerprint density at radius 2 is 1.85 bits per heavy atom. The summed E-state index contributed by atoms with van der Waals surface area (Å²) in [6.45, 7) is 1.90. The van der Waals surface area contributed by atoms with Crippen LogP contribution in [0.4, 0.5) is 5.69 Å². The predicted octanol–water partition coefficient (Wildman–Crippen LogP) is 3.72. The minimum atomic E-state index is -3.91. The van der Waals surface area contributed by atoms with Crippen LogP contribution in [0, 0.1) is 6.92 Å². The molecule has 144 valence electrons. The van der Waals surface area contributed by atoms with E-state index < -0.39 is 16.0 Å². The van der Waals surface area contributed by atoms with Crippen molar-refractivity contribution in [2.75, 3.05) is 18.0 Å². The van der Waals surface area contributed by atoms with Crippen molar-refractivity contribution in [2.24, 2.45) is 0 Å². The van der Waals surface area contributed by atoms with E-state index in [9.17, 15) is 18.0 Å². The molecule has 27 heavy (non-hydrogen) atoms. The average Bonchev–Trinajstić information content (AvgIpc) is 2.65. The van der Waals surface area contributed by atoms with Crippen LogP contribution in [0.25, 0.3) is 0 Å². The smallest absolute Gasteiger partial charge is 0.305 e. The van der Waals surface area contributed by atoms with Gasteiger partial charge in [0.2, 0.25) is 0 Å². The summed E-state index contributed by atoms with van der Waals surface area (Å²) in [5.74, 6) is -0.422. The second-order valence-corrected chi connectivity index (χ2v) is 8.67. The highest BCUT2D eigenvalue weighted by molar-refractivity contribution is 9.10. The molecule has 2 rings (SSSR count). The number of hydrogen-bond donors (Lipinski definition) is 0. The van der Waals surface area contributed by atoms with Crippen LogP contribution >= 0.6 is 15.9 Å². The molecule has 0 aliphatic rings. The van der Waals surface area contributed by atoms with Gasteiger partial charge >= 0.3 is 5.97 Å². The zero-order valence-corrected chi connectivity index (χ0v) is 17.4. The molecule has 8 heteroatoms. The third-order valence-corrected chi connectivity index (χ3v) is 6.28. The van der Waals surface area contributed by atoms with E-state index in [2.05, 4.69) is 20.7 Å². The van der Waals surface area contributed by atoms with Gasteiger partial charge in [0.1, 0.15) is 0 Å². The molecule has 0 atom stereocenters. The highest BCUT2D eigenvalue weighted by Gasteiger charge is 2.27. The minimum absolute atomic E-state index is 0.0355. The van der Waals surface area contributed by atoms with Gasteiger partial charge < -0.3 is 4.74 Å². The van der Waals surface area contributed by atoms with Crippen molar-refractivity contribution >= 4 is 43.9 Å². The summed E-state index contributed by atoms with van der Waals surface area (Å²) in [4.78, 5) is 23.0. The number of methoxy groups -OCH3 is 1. The lowest BCUT2D eigenvalue weighted by Crippen LogP contribution is -2.33. The number of halogens is 1. The molecule has 0 aromatic heterocycles. The zero-order chi connectivity index (χ0) is 20.0. The Morgan fingerprint density at radius 1 is 1.19 bits per heavy atom. The Kier molecular flexibility index (Phi) is 7.15. The number of aldehydes is 1. The molecule has 2 aromatic rings. The number of rotatable bonds is 8. The number of carbonyl (C=O) groups is 2. The van der Waals surface area contributed by atoms with Crippen molar-refractivity contribution in [3.63, 3.8) is 0 Å². The first-order valence-electron chi connectivity index (χ1n) is 8.20. The maximum Gasteiger partial charge on any atom is 0.305 e. The molecule has 0 spiro atoms. The van der Waals surface area contributed by atoms with Crippen molar-refractivity contribution in [3.05, 3.63) is 58.1 Å². The molecule has 0 amide bonds. The number of hydrogen-bond acceptors (Lipinski definition) is 5. The molecule has 0 unspecified atom stereocenters. The topological polar surface area (TPSA) is 80.8 Å². The largest absolute Gasteiger partial charge is 0.469 e. The fraction of sp³-hybridized carbons (Fsp3) is 0.263. The summed E-state index contributed by atoms with van der Waals surface area (Å²) in [6, 6.07) is 11.3. The fourth-order valence-corrected chi connectivity index (χ4v) is 4.43. The van der Waals surface area contributed by atoms with Gasteiger partial charge in [-0.15, -0.1) is 0 Å². The molecule has 0 heterocycles. The molecule has 0 bridgehead atoms. The van der Waals surface area contributed by atoms with Gasteiger partial charge in [0.15, 0.2) is 6.29 Å². The summed E-state index contributed by atoms with van der Waals surface area (Å²) in [7, 11) is -2.63. The quantitative estimate of drug-likeness (QED) is 0.449. The third-order valence-electron chi connectivity index (χ3n) is 3.96. The molecular weight excluding hydrogens is 434 g/mol. The van der Waals surface area contributed by atoms with Crippen LogP contribution in [0.15, 0.2) is 51.8 Å². The summed E-state index contributed by atoms with van der Waals surface area (Å²) in [6.07, 6.45) is 0.938. The van der Waals surface area contributed by atoms with E-state index in [1.807, 2.05) is 6.92 Å². The van der Waals surface area contributed by atoms with Crippen LogP contribution in [-0.2, 0) is 19.6 Å². The maximum atomic E-state index is 13.2. The second kappa shape index (κ2) is 9.14. The van der Waals surface area contributed by atoms with Crippen LogP contribution in [-0.4, -0.2) is 34.3 Å². The SMILES string of the molecule is COC(=O)CCCN(c1ccc(Br)cc1C=O)S(=O)(=O)c1ccc(C)cc1. The van der Waals surface area contributed by atoms with Gasteiger partial charge in [-0.3, -0.25) is 13.9 Å². The van der Waals surface area contributed by atoms with Crippen molar-refractivity contribution in [2.45, 2.75) is 24.7 Å². The second-order valence-electron chi connectivity index (χ2n) is 5.89. The van der Waals surface area contributed by atoms with Gasteiger partial charge in [0.05, 0.1) is 17.7 Å². The molecule has 2 aromatic carbocycles. The highest BCUT2D eigenvalue weighted by Crippen LogP contribution is 2.29. The highest BCUT2D eigenvalue weighted by atomic mass is 79.9. The van der Waals surface area contributed by atoms with E-state index >= 15 is 0 Å². The average molecular weight is 454 g/mol. The Hall–Kier alpha value is -2.19. The Morgan fingerprint density at radius 3 is 2.44 bits per heavy atom. The van der Waals surface area contributed by atoms with E-state index in [-0.39, 0.29) is 35.5 Å². The number of esters is 1. The maximum absolute atomic E-state index is 13.2. The molecule has 0 radical (unpaired) electrons. The monoisotopic (exact) mass is 453 g/mol. The first-order valence-corrected chi connectivity index (χ1v) is 10.4. The van der Waals surface area contributed by atoms with E-state index in [0.29, 0.717) is 10.8 Å². The zero-order valence-electron chi connectivity index (χ0n) is 15.0. The number of carbonyl (C=O) groups excluding carboxylic acids is 2. The Balaban J connectivity index is 2.47. The van der Waals surface area contributed by atoms with E-state index in [0.717, 1.165) is 9.87 Å². The van der Waals surface area contributed by atoms with E-state index in [4.69, 9.17) is 0 Å². The summed E-state index contributed by atoms with van der Waals surface area (Å²) >= 11 is 3.28. The molecule has 0 aliphatic heterocycles. The van der Waals surface area contributed by atoms with Gasteiger partial charge in [-0.2, -0.15) is 0 Å². The summed E-state index contributed by atoms with van der Waals surface area (Å²) in [5, 5.41) is 0. The van der Waals surface area contributed by atoms with E-state index in [1.54, 1.807) is 30.3 Å². The van der Waals surface area contributed by atoms with Crippen LogP contribution < -0.4 is 4.31 Å². The number of nitrogens with zero attached hydrogens (tertiary/aromatic N) is 1. The molecule has 0 saturated carbocycles. The summed E-state index contributed by atoms with van der Waals surface area (Å²) < 4.78 is 32.9. The van der Waals surface area contributed by atoms with Crippen LogP contribution in [0.1, 0.15) is 28.8 Å². The molecule has 0 N–H and O–H groups in total. The first-order chi connectivity index (χ1) is 12.8. The van der Waals surface area contributed by atoms with Crippen molar-refractivity contribution in [3.8, 4) is 0 Å². The third kappa shape index (κ3) is 5.17. The molecule has 6 nitrogen and oxygen atoms in total. The summed E-state index contributed by atoms with van der Waals surface area (Å²) in [5.41, 5.74) is 1.43. The number of ether oxygens (including phenoxy) is 1. The normalized spacial score (nSPS) is 11.1. The Bertz CT molecular complexity index is 926. The Labute approximate surface area is 167 Å². The molecular formula is C19H20BrNO5S. The van der Waals surface area contributed by atoms with Gasteiger partial charge in [0, 0.05) is 23.0 Å². The number of aryl methyl sites for hydroxylation is 1. The van der Waals surface area contributed by atoms with Crippen molar-refractivity contribution in [1.82, 2.24) is 0 Å². The number of sulfonamides is 1. The standard InChI is InChI=1S/C19H20BrNO5S/c1-14-5-8-17(9-6-14)27(24,25)21(11-3-4-19(23)26-2)18-10-7-16(20)12-15(18)13-22/h5-10,12-13H,3-4,11H2,1-2H3. The fourth-order valence-electron chi connectivity index (χ4n) is 2.52. The van der Waals surface area contributed by atoms with Crippen molar-refractivity contribution < 1.29 is 22.7 Å². The predicted molar refractivity (Wildman–Crippen MR) is 106 cm³/mol. The lowest BCUT2D eigenvalue weighted by molar-refractivity contribution is -0.140. The van der Waals surface area contributed by atoms with E-state index in [1.165, 1.54) is 19.2 Å². The molecule has 0 saturated heterocycles. The van der Waals surface area contributed by atoms with Gasteiger partial charge in [-0.05, 0) is 43.7 Å². The van der Waals surface area contributed by atoms with Gasteiger partial charge in [0.25, 0.3) is 10.0 Å². The number of benzene rings is 2. The van der Waals surface area contributed by atoms with Crippen LogP contribution in [0.2, 0.25) is 0 Å². The van der Waals surface area contributed by atoms with Crippen LogP contribution in [0.3, 0.4) is 0 Å². The molecule has 0 fully saturated rings. The lowest BCUT2D eigenvalue weighted by atomic mass is 10.2.